The highest BCUT2D eigenvalue weighted by Gasteiger charge is 2.40. The summed E-state index contributed by atoms with van der Waals surface area (Å²) in [5.41, 5.74) is -0.732. The highest BCUT2D eigenvalue weighted by atomic mass is 32.2. The molecule has 1 aliphatic rings. The topological polar surface area (TPSA) is 44.1 Å². The van der Waals surface area contributed by atoms with Crippen LogP contribution in [0.1, 0.15) is 44.9 Å². The molecule has 0 bridgehead atoms. The van der Waals surface area contributed by atoms with Crippen molar-refractivity contribution >= 4 is 17.7 Å². The molecular weight excluding hydrogens is 244 g/mol. The monoisotopic (exact) mass is 268 g/mol. The highest BCUT2D eigenvalue weighted by Crippen LogP contribution is 2.36. The summed E-state index contributed by atoms with van der Waals surface area (Å²) in [6, 6.07) is 2.33. The third-order valence-electron chi connectivity index (χ3n) is 3.77. The van der Waals surface area contributed by atoms with Crippen molar-refractivity contribution in [3.05, 3.63) is 0 Å². The summed E-state index contributed by atoms with van der Waals surface area (Å²) in [6.07, 6.45) is 8.91. The van der Waals surface area contributed by atoms with Crippen LogP contribution in [-0.2, 0) is 4.79 Å². The smallest absolute Gasteiger partial charge is 0.242 e. The summed E-state index contributed by atoms with van der Waals surface area (Å²) in [6.45, 7) is 0.767. The van der Waals surface area contributed by atoms with Crippen molar-refractivity contribution < 1.29 is 4.79 Å². The normalized spacial score (nSPS) is 18.7. The minimum absolute atomic E-state index is 0.0491. The van der Waals surface area contributed by atoms with Crippen LogP contribution in [0.5, 0.6) is 0 Å². The summed E-state index contributed by atoms with van der Waals surface area (Å²) in [4.78, 5) is 14.3. The molecule has 1 saturated carbocycles. The summed E-state index contributed by atoms with van der Waals surface area (Å²) in [5.74, 6) is 1.12. The predicted molar refractivity (Wildman–Crippen MR) is 76.4 cm³/mol. The molecule has 1 rings (SSSR count). The third-order valence-corrected chi connectivity index (χ3v) is 4.47. The molecule has 0 aromatic carbocycles. The Bertz CT molecular complexity index is 303. The fourth-order valence-corrected chi connectivity index (χ4v) is 3.04. The second kappa shape index (κ2) is 7.68. The van der Waals surface area contributed by atoms with Gasteiger partial charge in [0.25, 0.3) is 0 Å². The molecule has 0 aliphatic heterocycles. The molecule has 0 atom stereocenters. The van der Waals surface area contributed by atoms with Gasteiger partial charge in [-0.1, -0.05) is 25.7 Å². The second-order valence-electron chi connectivity index (χ2n) is 5.18. The number of rotatable bonds is 5. The Labute approximate surface area is 115 Å². The maximum Gasteiger partial charge on any atom is 0.242 e. The Hall–Kier alpha value is -0.690. The SMILES string of the molecule is CSCCCN(C)C(=O)C1(C#N)CCCCCC1. The van der Waals surface area contributed by atoms with E-state index in [1.165, 1.54) is 0 Å². The molecule has 0 radical (unpaired) electrons. The minimum Gasteiger partial charge on any atom is -0.344 e. The molecular formula is C14H24N2OS. The Balaban J connectivity index is 2.62. The summed E-state index contributed by atoms with van der Waals surface area (Å²) < 4.78 is 0. The number of nitrogens with zero attached hydrogens (tertiary/aromatic N) is 2. The van der Waals surface area contributed by atoms with Crippen LogP contribution in [0, 0.1) is 16.7 Å². The highest BCUT2D eigenvalue weighted by molar-refractivity contribution is 7.98. The first-order chi connectivity index (χ1) is 8.66. The standard InChI is InChI=1S/C14H24N2OS/c1-16(10-7-11-18-2)13(17)14(12-15)8-5-3-4-6-9-14/h3-11H2,1-2H3. The van der Waals surface area contributed by atoms with E-state index in [2.05, 4.69) is 12.3 Å². The van der Waals surface area contributed by atoms with Crippen LogP contribution in [0.3, 0.4) is 0 Å². The van der Waals surface area contributed by atoms with Gasteiger partial charge in [-0.3, -0.25) is 4.79 Å². The van der Waals surface area contributed by atoms with Crippen molar-refractivity contribution in [2.24, 2.45) is 5.41 Å². The van der Waals surface area contributed by atoms with Gasteiger partial charge >= 0.3 is 0 Å². The molecule has 0 unspecified atom stereocenters. The lowest BCUT2D eigenvalue weighted by Crippen LogP contribution is -2.41. The number of hydrogen-bond acceptors (Lipinski definition) is 3. The van der Waals surface area contributed by atoms with Crippen LogP contribution in [0.25, 0.3) is 0 Å². The number of hydrogen-bond donors (Lipinski definition) is 0. The fourth-order valence-electron chi connectivity index (χ4n) is 2.62. The van der Waals surface area contributed by atoms with E-state index in [1.54, 1.807) is 16.7 Å². The number of amides is 1. The molecule has 4 heteroatoms. The summed E-state index contributed by atoms with van der Waals surface area (Å²) >= 11 is 1.80. The molecule has 1 aliphatic carbocycles. The van der Waals surface area contributed by atoms with Crippen molar-refractivity contribution in [3.63, 3.8) is 0 Å². The van der Waals surface area contributed by atoms with Gasteiger partial charge in [-0.05, 0) is 31.3 Å². The van der Waals surface area contributed by atoms with Crippen molar-refractivity contribution in [2.75, 3.05) is 25.6 Å². The zero-order valence-corrected chi connectivity index (χ0v) is 12.4. The molecule has 0 aromatic rings. The lowest BCUT2D eigenvalue weighted by molar-refractivity contribution is -0.138. The van der Waals surface area contributed by atoms with E-state index in [0.717, 1.165) is 57.2 Å². The molecule has 0 aromatic heterocycles. The average Bonchev–Trinajstić information content (AvgIpc) is 2.64. The molecule has 0 heterocycles. The summed E-state index contributed by atoms with van der Waals surface area (Å²) in [7, 11) is 1.84. The van der Waals surface area contributed by atoms with E-state index in [4.69, 9.17) is 0 Å². The van der Waals surface area contributed by atoms with Gasteiger partial charge < -0.3 is 4.90 Å². The molecule has 1 amide bonds. The zero-order chi connectivity index (χ0) is 13.4. The van der Waals surface area contributed by atoms with E-state index >= 15 is 0 Å². The van der Waals surface area contributed by atoms with Gasteiger partial charge in [0.15, 0.2) is 0 Å². The van der Waals surface area contributed by atoms with Crippen molar-refractivity contribution in [3.8, 4) is 6.07 Å². The summed E-state index contributed by atoms with van der Waals surface area (Å²) in [5, 5.41) is 9.46. The van der Waals surface area contributed by atoms with Crippen molar-refractivity contribution in [2.45, 2.75) is 44.9 Å². The van der Waals surface area contributed by atoms with Gasteiger partial charge in [0.05, 0.1) is 6.07 Å². The first-order valence-corrected chi connectivity index (χ1v) is 8.21. The van der Waals surface area contributed by atoms with Crippen LogP contribution in [0.15, 0.2) is 0 Å². The van der Waals surface area contributed by atoms with E-state index in [9.17, 15) is 10.1 Å². The fraction of sp³-hybridized carbons (Fsp3) is 0.857. The number of thioether (sulfide) groups is 1. The van der Waals surface area contributed by atoms with Gasteiger partial charge in [0.1, 0.15) is 5.41 Å². The Morgan fingerprint density at radius 3 is 2.44 bits per heavy atom. The van der Waals surface area contributed by atoms with Crippen LogP contribution in [0.4, 0.5) is 0 Å². The first kappa shape index (κ1) is 15.4. The van der Waals surface area contributed by atoms with Gasteiger partial charge in [-0.15, -0.1) is 0 Å². The molecule has 0 spiro atoms. The molecule has 18 heavy (non-hydrogen) atoms. The Morgan fingerprint density at radius 2 is 1.94 bits per heavy atom. The average molecular weight is 268 g/mol. The number of nitriles is 1. The van der Waals surface area contributed by atoms with Gasteiger partial charge in [0.2, 0.25) is 5.91 Å². The Morgan fingerprint density at radius 1 is 1.33 bits per heavy atom. The molecule has 0 saturated heterocycles. The van der Waals surface area contributed by atoms with E-state index in [0.29, 0.717) is 0 Å². The van der Waals surface area contributed by atoms with E-state index in [1.807, 2.05) is 7.05 Å². The van der Waals surface area contributed by atoms with Gasteiger partial charge in [-0.2, -0.15) is 17.0 Å². The number of carbonyl (C=O) groups excluding carboxylic acids is 1. The largest absolute Gasteiger partial charge is 0.344 e. The first-order valence-electron chi connectivity index (χ1n) is 6.82. The van der Waals surface area contributed by atoms with Crippen LogP contribution >= 0.6 is 11.8 Å². The van der Waals surface area contributed by atoms with Gasteiger partial charge in [0, 0.05) is 13.6 Å². The van der Waals surface area contributed by atoms with E-state index < -0.39 is 5.41 Å². The molecule has 102 valence electrons. The van der Waals surface area contributed by atoms with Crippen molar-refractivity contribution in [1.82, 2.24) is 4.90 Å². The number of carbonyl (C=O) groups is 1. The van der Waals surface area contributed by atoms with Crippen molar-refractivity contribution in [1.29, 1.82) is 5.26 Å². The van der Waals surface area contributed by atoms with Crippen LogP contribution in [-0.4, -0.2) is 36.4 Å². The lowest BCUT2D eigenvalue weighted by Gasteiger charge is -2.29. The maximum absolute atomic E-state index is 12.5. The quantitative estimate of drug-likeness (QED) is 0.568. The molecule has 3 nitrogen and oxygen atoms in total. The predicted octanol–water partition coefficient (Wildman–Crippen LogP) is 3.06. The third kappa shape index (κ3) is 3.91. The van der Waals surface area contributed by atoms with Crippen LogP contribution in [0.2, 0.25) is 0 Å². The lowest BCUT2D eigenvalue weighted by atomic mass is 9.80. The minimum atomic E-state index is -0.732. The zero-order valence-electron chi connectivity index (χ0n) is 11.6. The molecule has 1 fully saturated rings. The van der Waals surface area contributed by atoms with Crippen LogP contribution < -0.4 is 0 Å². The van der Waals surface area contributed by atoms with Gasteiger partial charge in [-0.25, -0.2) is 0 Å². The second-order valence-corrected chi connectivity index (χ2v) is 6.17. The van der Waals surface area contributed by atoms with E-state index in [-0.39, 0.29) is 5.91 Å². The maximum atomic E-state index is 12.5. The molecule has 0 N–H and O–H groups in total. The Kier molecular flexibility index (Phi) is 6.56.